The molecule has 1 aliphatic heterocycles. The zero-order valence-corrected chi connectivity index (χ0v) is 22.3. The van der Waals surface area contributed by atoms with Crippen LogP contribution in [0.3, 0.4) is 0 Å². The van der Waals surface area contributed by atoms with E-state index in [-0.39, 0.29) is 11.4 Å². The van der Waals surface area contributed by atoms with Crippen LogP contribution >= 0.6 is 39.3 Å². The molecule has 0 radical (unpaired) electrons. The van der Waals surface area contributed by atoms with Crippen LogP contribution in [0.4, 0.5) is 10.5 Å². The number of halogens is 2. The Bertz CT molecular complexity index is 1370. The molecule has 3 aromatic rings. The van der Waals surface area contributed by atoms with Crippen LogP contribution in [0, 0.1) is 13.8 Å². The van der Waals surface area contributed by atoms with Crippen molar-refractivity contribution in [2.24, 2.45) is 0 Å². The minimum absolute atomic E-state index is 0.268. The second-order valence-electron chi connectivity index (χ2n) is 7.80. The largest absolute Gasteiger partial charge is 0.497 e. The number of ether oxygens (including phenoxy) is 1. The average Bonchev–Trinajstić information content (AvgIpc) is 3.25. The van der Waals surface area contributed by atoms with Crippen LogP contribution in [-0.2, 0) is 9.59 Å². The quantitative estimate of drug-likeness (QED) is 0.355. The molecule has 180 valence electrons. The van der Waals surface area contributed by atoms with Crippen molar-refractivity contribution in [3.05, 3.63) is 79.9 Å². The fourth-order valence-corrected chi connectivity index (χ4v) is 5.01. The third kappa shape index (κ3) is 5.32. The molecule has 10 heteroatoms. The Hall–Kier alpha value is -3.01. The molecule has 1 aliphatic rings. The zero-order valence-electron chi connectivity index (χ0n) is 19.1. The summed E-state index contributed by atoms with van der Waals surface area (Å²) in [6.45, 7) is 3.53. The van der Waals surface area contributed by atoms with Crippen molar-refractivity contribution >= 4 is 68.1 Å². The number of carbonyl (C=O) groups excluding carboxylic acids is 3. The number of anilines is 1. The smallest absolute Gasteiger partial charge is 0.294 e. The minimum Gasteiger partial charge on any atom is -0.497 e. The Balaban J connectivity index is 1.51. The second kappa shape index (κ2) is 10.3. The van der Waals surface area contributed by atoms with Crippen LogP contribution in [0.1, 0.15) is 17.0 Å². The van der Waals surface area contributed by atoms with Gasteiger partial charge in [-0.1, -0.05) is 11.6 Å². The summed E-state index contributed by atoms with van der Waals surface area (Å²) in [5.41, 5.74) is 4.14. The molecule has 0 spiro atoms. The Labute approximate surface area is 220 Å². The van der Waals surface area contributed by atoms with Gasteiger partial charge in [-0.15, -0.1) is 0 Å². The number of benzene rings is 2. The molecule has 35 heavy (non-hydrogen) atoms. The number of nitrogens with one attached hydrogen (secondary N) is 1. The lowest BCUT2D eigenvalue weighted by Crippen LogP contribution is -2.36. The summed E-state index contributed by atoms with van der Waals surface area (Å²) in [6.07, 6.45) is 1.69. The predicted molar refractivity (Wildman–Crippen MR) is 142 cm³/mol. The van der Waals surface area contributed by atoms with Crippen molar-refractivity contribution < 1.29 is 19.1 Å². The monoisotopic (exact) mass is 573 g/mol. The maximum absolute atomic E-state index is 12.9. The number of imide groups is 1. The molecule has 0 saturated carbocycles. The normalized spacial score (nSPS) is 14.7. The summed E-state index contributed by atoms with van der Waals surface area (Å²) < 4.78 is 7.99. The number of nitrogens with zero attached hydrogens (tertiary/aromatic N) is 2. The highest BCUT2D eigenvalue weighted by atomic mass is 79.9. The van der Waals surface area contributed by atoms with Crippen LogP contribution in [0.15, 0.2) is 57.9 Å². The number of aryl methyl sites for hydroxylation is 1. The summed E-state index contributed by atoms with van der Waals surface area (Å²) >= 11 is 10.2. The molecule has 0 atom stereocenters. The Kier molecular flexibility index (Phi) is 7.39. The van der Waals surface area contributed by atoms with Crippen molar-refractivity contribution in [3.63, 3.8) is 0 Å². The molecule has 0 bridgehead atoms. The number of rotatable bonds is 6. The molecule has 1 fully saturated rings. The minimum atomic E-state index is -0.502. The van der Waals surface area contributed by atoms with E-state index in [1.165, 1.54) is 0 Å². The van der Waals surface area contributed by atoms with Crippen LogP contribution in [0.2, 0.25) is 5.02 Å². The number of amides is 3. The summed E-state index contributed by atoms with van der Waals surface area (Å²) in [6, 6.07) is 14.6. The second-order valence-corrected chi connectivity index (χ2v) is 10.1. The van der Waals surface area contributed by atoms with Crippen LogP contribution in [-0.4, -0.2) is 40.2 Å². The third-order valence-corrected chi connectivity index (χ3v) is 7.61. The highest BCUT2D eigenvalue weighted by Gasteiger charge is 2.36. The van der Waals surface area contributed by atoms with Gasteiger partial charge in [-0.2, -0.15) is 0 Å². The molecule has 1 saturated heterocycles. The lowest BCUT2D eigenvalue weighted by molar-refractivity contribution is -0.127. The lowest BCUT2D eigenvalue weighted by Gasteiger charge is -2.12. The number of methoxy groups -OCH3 is 1. The lowest BCUT2D eigenvalue weighted by atomic mass is 10.2. The van der Waals surface area contributed by atoms with E-state index in [1.54, 1.807) is 31.4 Å². The van der Waals surface area contributed by atoms with Gasteiger partial charge >= 0.3 is 0 Å². The van der Waals surface area contributed by atoms with Gasteiger partial charge in [0.2, 0.25) is 5.91 Å². The van der Waals surface area contributed by atoms with E-state index in [0.717, 1.165) is 45.1 Å². The van der Waals surface area contributed by atoms with Crippen molar-refractivity contribution in [1.29, 1.82) is 0 Å². The number of carbonyl (C=O) groups is 3. The van der Waals surface area contributed by atoms with Gasteiger partial charge in [-0.05, 0) is 102 Å². The summed E-state index contributed by atoms with van der Waals surface area (Å²) in [4.78, 5) is 39.1. The van der Waals surface area contributed by atoms with Crippen molar-refractivity contribution in [2.45, 2.75) is 13.8 Å². The molecule has 1 aromatic heterocycles. The molecular formula is C25H21BrClN3O4S. The van der Waals surface area contributed by atoms with Gasteiger partial charge < -0.3 is 14.6 Å². The third-order valence-electron chi connectivity index (χ3n) is 5.47. The summed E-state index contributed by atoms with van der Waals surface area (Å²) in [7, 11) is 1.62. The first-order valence-corrected chi connectivity index (χ1v) is 12.5. The standard InChI is InChI=1S/C25H21BrClN3O4S/c1-14-10-16(15(2)30(14)18-5-7-19(34-3)8-6-18)11-22-24(32)29(25(33)35-22)13-23(31)28-17-4-9-20(26)21(27)12-17/h4-12H,13H2,1-3H3,(H,28,31)/b22-11-. The fourth-order valence-electron chi connectivity index (χ4n) is 3.76. The Morgan fingerprint density at radius 3 is 2.51 bits per heavy atom. The maximum atomic E-state index is 12.9. The fraction of sp³-hybridized carbons (Fsp3) is 0.160. The van der Waals surface area contributed by atoms with Gasteiger partial charge in [0.25, 0.3) is 11.1 Å². The summed E-state index contributed by atoms with van der Waals surface area (Å²) in [5.74, 6) is -0.236. The molecule has 2 aromatic carbocycles. The first-order valence-electron chi connectivity index (χ1n) is 10.5. The molecule has 3 amide bonds. The molecule has 1 N–H and O–H groups in total. The van der Waals surface area contributed by atoms with Gasteiger partial charge in [0.1, 0.15) is 12.3 Å². The van der Waals surface area contributed by atoms with E-state index in [4.69, 9.17) is 16.3 Å². The molecular weight excluding hydrogens is 554 g/mol. The van der Waals surface area contributed by atoms with Gasteiger partial charge in [-0.3, -0.25) is 19.3 Å². The Morgan fingerprint density at radius 2 is 1.86 bits per heavy atom. The van der Waals surface area contributed by atoms with E-state index >= 15 is 0 Å². The molecule has 2 heterocycles. The van der Waals surface area contributed by atoms with E-state index in [0.29, 0.717) is 15.2 Å². The Morgan fingerprint density at radius 1 is 1.14 bits per heavy atom. The van der Waals surface area contributed by atoms with Gasteiger partial charge in [0.15, 0.2) is 0 Å². The number of hydrogen-bond donors (Lipinski definition) is 1. The van der Waals surface area contributed by atoms with Crippen LogP contribution < -0.4 is 10.1 Å². The molecule has 7 nitrogen and oxygen atoms in total. The van der Waals surface area contributed by atoms with Crippen molar-refractivity contribution in [3.8, 4) is 11.4 Å². The SMILES string of the molecule is COc1ccc(-n2c(C)cc(/C=C3\SC(=O)N(CC(=O)Nc4ccc(Br)c(Cl)c4)C3=O)c2C)cc1. The van der Waals surface area contributed by atoms with Gasteiger partial charge in [0.05, 0.1) is 17.0 Å². The van der Waals surface area contributed by atoms with Crippen LogP contribution in [0.5, 0.6) is 5.75 Å². The number of thioether (sulfide) groups is 1. The van der Waals surface area contributed by atoms with Crippen molar-refractivity contribution in [1.82, 2.24) is 9.47 Å². The predicted octanol–water partition coefficient (Wildman–Crippen LogP) is 6.19. The summed E-state index contributed by atoms with van der Waals surface area (Å²) in [5, 5.41) is 2.60. The highest BCUT2D eigenvalue weighted by Crippen LogP contribution is 2.34. The first-order chi connectivity index (χ1) is 16.7. The maximum Gasteiger partial charge on any atom is 0.294 e. The average molecular weight is 575 g/mol. The molecule has 0 unspecified atom stereocenters. The van der Waals surface area contributed by atoms with E-state index < -0.39 is 17.1 Å². The van der Waals surface area contributed by atoms with E-state index in [1.807, 2.05) is 44.2 Å². The van der Waals surface area contributed by atoms with E-state index in [9.17, 15) is 14.4 Å². The zero-order chi connectivity index (χ0) is 25.3. The molecule has 4 rings (SSSR count). The van der Waals surface area contributed by atoms with Gasteiger partial charge in [0, 0.05) is 27.2 Å². The van der Waals surface area contributed by atoms with Gasteiger partial charge in [-0.25, -0.2) is 0 Å². The van der Waals surface area contributed by atoms with Crippen LogP contribution in [0.25, 0.3) is 11.8 Å². The van der Waals surface area contributed by atoms with Crippen molar-refractivity contribution in [2.75, 3.05) is 19.0 Å². The number of hydrogen-bond acceptors (Lipinski definition) is 5. The topological polar surface area (TPSA) is 80.6 Å². The first kappa shape index (κ1) is 25.1. The number of aromatic nitrogens is 1. The van der Waals surface area contributed by atoms with E-state index in [2.05, 4.69) is 25.8 Å². The highest BCUT2D eigenvalue weighted by molar-refractivity contribution is 9.10. The molecule has 0 aliphatic carbocycles.